The van der Waals surface area contributed by atoms with Crippen molar-refractivity contribution in [3.8, 4) is 17.4 Å². The molecule has 1 aromatic carbocycles. The average Bonchev–Trinajstić information content (AvgIpc) is 2.82. The van der Waals surface area contributed by atoms with Crippen LogP contribution in [-0.4, -0.2) is 22.7 Å². The molecule has 0 radical (unpaired) electrons. The van der Waals surface area contributed by atoms with Crippen molar-refractivity contribution in [3.63, 3.8) is 0 Å². The van der Waals surface area contributed by atoms with E-state index in [9.17, 15) is 18.0 Å². The molecule has 0 unspecified atom stereocenters. The highest BCUT2D eigenvalue weighted by Crippen LogP contribution is 2.32. The SMILES string of the molecule is CCOc1oc(-c2ccc(C(F)(F)F)cc2)nc1C(=O)O. The Hall–Kier alpha value is -2.51. The minimum atomic E-state index is -4.45. The molecule has 5 nitrogen and oxygen atoms in total. The highest BCUT2D eigenvalue weighted by molar-refractivity contribution is 5.88. The van der Waals surface area contributed by atoms with Crippen LogP contribution in [0.3, 0.4) is 0 Å². The highest BCUT2D eigenvalue weighted by Gasteiger charge is 2.30. The molecule has 0 amide bonds. The van der Waals surface area contributed by atoms with Gasteiger partial charge in [-0.1, -0.05) is 0 Å². The molecule has 0 saturated carbocycles. The zero-order valence-corrected chi connectivity index (χ0v) is 10.8. The van der Waals surface area contributed by atoms with E-state index in [4.69, 9.17) is 14.3 Å². The van der Waals surface area contributed by atoms with Gasteiger partial charge in [0.2, 0.25) is 11.6 Å². The Morgan fingerprint density at radius 3 is 2.43 bits per heavy atom. The summed E-state index contributed by atoms with van der Waals surface area (Å²) in [4.78, 5) is 14.7. The van der Waals surface area contributed by atoms with Crippen molar-refractivity contribution in [2.75, 3.05) is 6.61 Å². The number of carboxylic acid groups (broad SMARTS) is 1. The molecule has 0 spiro atoms. The molecular formula is C13H10F3NO4. The maximum atomic E-state index is 12.5. The molecule has 1 N–H and O–H groups in total. The molecular weight excluding hydrogens is 291 g/mol. The number of ether oxygens (including phenoxy) is 1. The van der Waals surface area contributed by atoms with Crippen molar-refractivity contribution < 1.29 is 32.2 Å². The van der Waals surface area contributed by atoms with Gasteiger partial charge in [-0.25, -0.2) is 4.79 Å². The lowest BCUT2D eigenvalue weighted by Gasteiger charge is -2.06. The molecule has 21 heavy (non-hydrogen) atoms. The number of oxazole rings is 1. The summed E-state index contributed by atoms with van der Waals surface area (Å²) in [7, 11) is 0. The number of benzene rings is 1. The van der Waals surface area contributed by atoms with Crippen LogP contribution in [0.15, 0.2) is 28.7 Å². The Kier molecular flexibility index (Phi) is 3.88. The number of hydrogen-bond acceptors (Lipinski definition) is 4. The second-order valence-corrected chi connectivity index (χ2v) is 3.97. The van der Waals surface area contributed by atoms with Crippen LogP contribution in [0.1, 0.15) is 23.0 Å². The zero-order valence-electron chi connectivity index (χ0n) is 10.8. The van der Waals surface area contributed by atoms with Gasteiger partial charge in [0.15, 0.2) is 0 Å². The number of carboxylic acids is 1. The lowest BCUT2D eigenvalue weighted by Crippen LogP contribution is -2.04. The fraction of sp³-hybridized carbons (Fsp3) is 0.231. The fourth-order valence-corrected chi connectivity index (χ4v) is 1.60. The van der Waals surface area contributed by atoms with Gasteiger partial charge in [0, 0.05) is 5.56 Å². The average molecular weight is 301 g/mol. The third-order valence-corrected chi connectivity index (χ3v) is 2.53. The number of carbonyl (C=O) groups is 1. The smallest absolute Gasteiger partial charge is 0.416 e. The van der Waals surface area contributed by atoms with Crippen LogP contribution in [0.5, 0.6) is 5.95 Å². The number of alkyl halides is 3. The quantitative estimate of drug-likeness (QED) is 0.936. The fourth-order valence-electron chi connectivity index (χ4n) is 1.60. The first-order chi connectivity index (χ1) is 9.82. The van der Waals surface area contributed by atoms with Crippen molar-refractivity contribution >= 4 is 5.97 Å². The molecule has 112 valence electrons. The lowest BCUT2D eigenvalue weighted by molar-refractivity contribution is -0.137. The van der Waals surface area contributed by atoms with Gasteiger partial charge >= 0.3 is 18.1 Å². The molecule has 8 heteroatoms. The van der Waals surface area contributed by atoms with Gasteiger partial charge in [0.05, 0.1) is 12.2 Å². The van der Waals surface area contributed by atoms with Crippen LogP contribution in [0, 0.1) is 0 Å². The predicted molar refractivity (Wildman–Crippen MR) is 65.1 cm³/mol. The van der Waals surface area contributed by atoms with Crippen LogP contribution in [0.4, 0.5) is 13.2 Å². The first-order valence-corrected chi connectivity index (χ1v) is 5.87. The number of aromatic nitrogens is 1. The van der Waals surface area contributed by atoms with Gasteiger partial charge in [0.25, 0.3) is 0 Å². The summed E-state index contributed by atoms with van der Waals surface area (Å²) in [6, 6.07) is 4.02. The molecule has 0 aliphatic carbocycles. The molecule has 0 bridgehead atoms. The molecule has 0 aliphatic rings. The van der Waals surface area contributed by atoms with E-state index >= 15 is 0 Å². The van der Waals surface area contributed by atoms with Gasteiger partial charge in [-0.2, -0.15) is 18.2 Å². The van der Waals surface area contributed by atoms with Gasteiger partial charge in [-0.15, -0.1) is 0 Å². The predicted octanol–water partition coefficient (Wildman–Crippen LogP) is 3.46. The van der Waals surface area contributed by atoms with Crippen molar-refractivity contribution in [1.29, 1.82) is 0 Å². The Bertz CT molecular complexity index is 646. The van der Waals surface area contributed by atoms with Crippen molar-refractivity contribution in [1.82, 2.24) is 4.98 Å². The molecule has 0 atom stereocenters. The molecule has 0 fully saturated rings. The highest BCUT2D eigenvalue weighted by atomic mass is 19.4. The Balaban J connectivity index is 2.38. The molecule has 0 saturated heterocycles. The summed E-state index contributed by atoms with van der Waals surface area (Å²) in [5.74, 6) is -1.75. The van der Waals surface area contributed by atoms with Crippen LogP contribution < -0.4 is 4.74 Å². The zero-order chi connectivity index (χ0) is 15.6. The monoisotopic (exact) mass is 301 g/mol. The summed E-state index contributed by atoms with van der Waals surface area (Å²) >= 11 is 0. The van der Waals surface area contributed by atoms with E-state index in [-0.39, 0.29) is 24.0 Å². The minimum Gasteiger partial charge on any atom is -0.476 e. The number of nitrogens with zero attached hydrogens (tertiary/aromatic N) is 1. The molecule has 0 aliphatic heterocycles. The Morgan fingerprint density at radius 1 is 1.33 bits per heavy atom. The molecule has 1 heterocycles. The summed E-state index contributed by atoms with van der Waals surface area (Å²) in [5.41, 5.74) is -1.02. The van der Waals surface area contributed by atoms with Gasteiger partial charge in [-0.05, 0) is 31.2 Å². The van der Waals surface area contributed by atoms with Crippen LogP contribution in [0.25, 0.3) is 11.5 Å². The second-order valence-electron chi connectivity index (χ2n) is 3.97. The first-order valence-electron chi connectivity index (χ1n) is 5.87. The molecule has 1 aromatic heterocycles. The largest absolute Gasteiger partial charge is 0.476 e. The standard InChI is InChI=1S/C13H10F3NO4/c1-2-20-12-9(11(18)19)17-10(21-12)7-3-5-8(6-4-7)13(14,15)16/h3-6H,2H2,1H3,(H,18,19). The maximum Gasteiger partial charge on any atom is 0.416 e. The lowest BCUT2D eigenvalue weighted by atomic mass is 10.1. The van der Waals surface area contributed by atoms with Gasteiger partial charge in [0.1, 0.15) is 0 Å². The van der Waals surface area contributed by atoms with Crippen LogP contribution in [0.2, 0.25) is 0 Å². The van der Waals surface area contributed by atoms with E-state index in [1.807, 2.05) is 0 Å². The Labute approximate surface area is 117 Å². The van der Waals surface area contributed by atoms with E-state index < -0.39 is 23.4 Å². The van der Waals surface area contributed by atoms with E-state index in [2.05, 4.69) is 4.98 Å². The minimum absolute atomic E-state index is 0.121. The van der Waals surface area contributed by atoms with E-state index in [1.165, 1.54) is 0 Å². The van der Waals surface area contributed by atoms with E-state index in [1.54, 1.807) is 6.92 Å². The third kappa shape index (κ3) is 3.15. The number of aromatic carboxylic acids is 1. The van der Waals surface area contributed by atoms with Crippen molar-refractivity contribution in [2.45, 2.75) is 13.1 Å². The number of rotatable bonds is 4. The van der Waals surface area contributed by atoms with Crippen molar-refractivity contribution in [3.05, 3.63) is 35.5 Å². The molecule has 2 rings (SSSR count). The van der Waals surface area contributed by atoms with E-state index in [0.29, 0.717) is 0 Å². The first kappa shape index (κ1) is 14.9. The normalized spacial score (nSPS) is 11.4. The van der Waals surface area contributed by atoms with Crippen molar-refractivity contribution in [2.24, 2.45) is 0 Å². The third-order valence-electron chi connectivity index (χ3n) is 2.53. The number of hydrogen-bond donors (Lipinski definition) is 1. The summed E-state index contributed by atoms with van der Waals surface area (Å²) in [6.07, 6.45) is -4.45. The van der Waals surface area contributed by atoms with E-state index in [0.717, 1.165) is 24.3 Å². The van der Waals surface area contributed by atoms with Gasteiger partial charge < -0.3 is 14.3 Å². The summed E-state index contributed by atoms with van der Waals surface area (Å²) in [6.45, 7) is 1.80. The second kappa shape index (κ2) is 5.47. The topological polar surface area (TPSA) is 72.6 Å². The number of halogens is 3. The Morgan fingerprint density at radius 2 is 1.95 bits per heavy atom. The van der Waals surface area contributed by atoms with Crippen LogP contribution in [-0.2, 0) is 6.18 Å². The molecule has 2 aromatic rings. The summed E-state index contributed by atoms with van der Waals surface area (Å²) < 4.78 is 47.5. The maximum absolute atomic E-state index is 12.5. The van der Waals surface area contributed by atoms with Gasteiger partial charge in [-0.3, -0.25) is 0 Å². The van der Waals surface area contributed by atoms with Crippen LogP contribution >= 0.6 is 0 Å². The summed E-state index contributed by atoms with van der Waals surface area (Å²) in [5, 5.41) is 8.95.